The van der Waals surface area contributed by atoms with E-state index in [4.69, 9.17) is 15.7 Å². The number of ether oxygens (including phenoxy) is 1. The van der Waals surface area contributed by atoms with Crippen molar-refractivity contribution in [1.82, 2.24) is 10.3 Å². The molecule has 6 nitrogen and oxygen atoms in total. The molecule has 0 aliphatic rings. The van der Waals surface area contributed by atoms with E-state index in [1.165, 1.54) is 0 Å². The van der Waals surface area contributed by atoms with E-state index in [2.05, 4.69) is 15.5 Å². The molecule has 21 heavy (non-hydrogen) atoms. The maximum Gasteiger partial charge on any atom is 0.170 e. The molecule has 4 N–H and O–H groups in total. The Morgan fingerprint density at radius 3 is 2.90 bits per heavy atom. The number of pyridine rings is 1. The van der Waals surface area contributed by atoms with Gasteiger partial charge in [-0.3, -0.25) is 4.98 Å². The predicted molar refractivity (Wildman–Crippen MR) is 80.3 cm³/mol. The zero-order chi connectivity index (χ0) is 15.1. The summed E-state index contributed by atoms with van der Waals surface area (Å²) in [6, 6.07) is 9.29. The van der Waals surface area contributed by atoms with E-state index in [0.717, 1.165) is 16.9 Å². The predicted octanol–water partition coefficient (Wildman–Crippen LogP) is 1.47. The van der Waals surface area contributed by atoms with Gasteiger partial charge in [-0.1, -0.05) is 11.2 Å². The van der Waals surface area contributed by atoms with Crippen LogP contribution in [-0.2, 0) is 13.1 Å². The summed E-state index contributed by atoms with van der Waals surface area (Å²) in [5, 5.41) is 15.1. The van der Waals surface area contributed by atoms with Crippen LogP contribution in [0.25, 0.3) is 0 Å². The van der Waals surface area contributed by atoms with E-state index < -0.39 is 0 Å². The van der Waals surface area contributed by atoms with Crippen LogP contribution in [0.4, 0.5) is 0 Å². The Balaban J connectivity index is 2.07. The average Bonchev–Trinajstić information content (AvgIpc) is 2.55. The highest BCUT2D eigenvalue weighted by atomic mass is 16.5. The second kappa shape index (κ2) is 7.25. The molecule has 2 rings (SSSR count). The number of rotatable bonds is 6. The molecule has 0 unspecified atom stereocenters. The van der Waals surface area contributed by atoms with Crippen LogP contribution in [0.5, 0.6) is 5.75 Å². The maximum atomic E-state index is 8.74. The van der Waals surface area contributed by atoms with Gasteiger partial charge in [0.2, 0.25) is 0 Å². The van der Waals surface area contributed by atoms with Crippen molar-refractivity contribution in [3.63, 3.8) is 0 Å². The number of oxime groups is 1. The van der Waals surface area contributed by atoms with Crippen LogP contribution in [0.3, 0.4) is 0 Å². The van der Waals surface area contributed by atoms with E-state index in [-0.39, 0.29) is 5.84 Å². The van der Waals surface area contributed by atoms with Crippen LogP contribution in [0, 0.1) is 0 Å². The van der Waals surface area contributed by atoms with Gasteiger partial charge in [-0.2, -0.15) is 0 Å². The van der Waals surface area contributed by atoms with Gasteiger partial charge in [-0.25, -0.2) is 0 Å². The Bertz CT molecular complexity index is 614. The molecule has 0 aliphatic heterocycles. The topological polar surface area (TPSA) is 92.8 Å². The summed E-state index contributed by atoms with van der Waals surface area (Å²) < 4.78 is 5.32. The molecule has 0 amide bonds. The number of benzene rings is 1. The van der Waals surface area contributed by atoms with Crippen molar-refractivity contribution in [2.45, 2.75) is 13.1 Å². The van der Waals surface area contributed by atoms with Crippen molar-refractivity contribution < 1.29 is 9.94 Å². The fourth-order valence-electron chi connectivity index (χ4n) is 1.98. The van der Waals surface area contributed by atoms with Gasteiger partial charge in [0.1, 0.15) is 5.75 Å². The number of hydrogen-bond donors (Lipinski definition) is 3. The second-order valence-corrected chi connectivity index (χ2v) is 4.48. The molecule has 110 valence electrons. The normalized spacial score (nSPS) is 11.4. The van der Waals surface area contributed by atoms with E-state index in [1.807, 2.05) is 24.4 Å². The number of nitrogens with one attached hydrogen (secondary N) is 1. The standard InChI is InChI=1S/C15H18N4O2/c1-21-14-5-4-12(15(16)19-20)7-13(14)10-18-9-11-3-2-6-17-8-11/h2-8,18,20H,9-10H2,1H3,(H2,16,19). The van der Waals surface area contributed by atoms with Crippen molar-refractivity contribution in [1.29, 1.82) is 0 Å². The van der Waals surface area contributed by atoms with Crippen molar-refractivity contribution in [3.8, 4) is 5.75 Å². The molecule has 6 heteroatoms. The second-order valence-electron chi connectivity index (χ2n) is 4.48. The molecule has 0 radical (unpaired) electrons. The Morgan fingerprint density at radius 1 is 1.38 bits per heavy atom. The lowest BCUT2D eigenvalue weighted by Crippen LogP contribution is -2.16. The highest BCUT2D eigenvalue weighted by molar-refractivity contribution is 5.97. The third-order valence-electron chi connectivity index (χ3n) is 3.05. The van der Waals surface area contributed by atoms with Crippen LogP contribution >= 0.6 is 0 Å². The van der Waals surface area contributed by atoms with E-state index in [9.17, 15) is 0 Å². The summed E-state index contributed by atoms with van der Waals surface area (Å²) in [6.45, 7) is 1.30. The largest absolute Gasteiger partial charge is 0.496 e. The molecular weight excluding hydrogens is 268 g/mol. The van der Waals surface area contributed by atoms with Gasteiger partial charge in [-0.15, -0.1) is 0 Å². The van der Waals surface area contributed by atoms with Crippen molar-refractivity contribution in [2.24, 2.45) is 10.9 Å². The fraction of sp³-hybridized carbons (Fsp3) is 0.200. The molecule has 1 heterocycles. The van der Waals surface area contributed by atoms with Crippen LogP contribution < -0.4 is 15.8 Å². The zero-order valence-electron chi connectivity index (χ0n) is 11.8. The summed E-state index contributed by atoms with van der Waals surface area (Å²) in [4.78, 5) is 4.07. The van der Waals surface area contributed by atoms with Gasteiger partial charge in [0.25, 0.3) is 0 Å². The SMILES string of the molecule is COc1ccc(/C(N)=N/O)cc1CNCc1cccnc1. The van der Waals surface area contributed by atoms with Crippen LogP contribution in [0.2, 0.25) is 0 Å². The van der Waals surface area contributed by atoms with Crippen molar-refractivity contribution >= 4 is 5.84 Å². The van der Waals surface area contributed by atoms with Gasteiger partial charge < -0.3 is 21.0 Å². The van der Waals surface area contributed by atoms with Gasteiger partial charge in [-0.05, 0) is 29.8 Å². The first-order chi connectivity index (χ1) is 10.2. The highest BCUT2D eigenvalue weighted by Crippen LogP contribution is 2.19. The first kappa shape index (κ1) is 14.8. The van der Waals surface area contributed by atoms with E-state index in [1.54, 1.807) is 25.4 Å². The molecular formula is C15H18N4O2. The molecule has 0 aliphatic carbocycles. The number of nitrogens with two attached hydrogens (primary N) is 1. The van der Waals surface area contributed by atoms with E-state index >= 15 is 0 Å². The Labute approximate surface area is 123 Å². The van der Waals surface area contributed by atoms with Crippen molar-refractivity contribution in [3.05, 3.63) is 59.4 Å². The summed E-state index contributed by atoms with van der Waals surface area (Å²) in [7, 11) is 1.61. The van der Waals surface area contributed by atoms with Crippen LogP contribution in [0.15, 0.2) is 47.9 Å². The number of nitrogens with zero attached hydrogens (tertiary/aromatic N) is 2. The lowest BCUT2D eigenvalue weighted by Gasteiger charge is -2.11. The molecule has 0 saturated heterocycles. The molecule has 1 aromatic heterocycles. The van der Waals surface area contributed by atoms with Crippen LogP contribution in [0.1, 0.15) is 16.7 Å². The third kappa shape index (κ3) is 3.93. The maximum absolute atomic E-state index is 8.74. The summed E-state index contributed by atoms with van der Waals surface area (Å²) in [5.74, 6) is 0.828. The monoisotopic (exact) mass is 286 g/mol. The Morgan fingerprint density at radius 2 is 2.24 bits per heavy atom. The van der Waals surface area contributed by atoms with E-state index in [0.29, 0.717) is 18.7 Å². The summed E-state index contributed by atoms with van der Waals surface area (Å²) in [6.07, 6.45) is 3.56. The molecule has 2 aromatic rings. The number of hydrogen-bond acceptors (Lipinski definition) is 5. The van der Waals surface area contributed by atoms with Gasteiger partial charge in [0.05, 0.1) is 7.11 Å². The minimum atomic E-state index is 0.0752. The Hall–Kier alpha value is -2.60. The van der Waals surface area contributed by atoms with Gasteiger partial charge in [0, 0.05) is 36.6 Å². The first-order valence-corrected chi connectivity index (χ1v) is 6.49. The molecule has 0 spiro atoms. The molecule has 0 fully saturated rings. The molecule has 0 saturated carbocycles. The summed E-state index contributed by atoms with van der Waals surface area (Å²) >= 11 is 0. The average molecular weight is 286 g/mol. The minimum absolute atomic E-state index is 0.0752. The fourth-order valence-corrected chi connectivity index (χ4v) is 1.98. The lowest BCUT2D eigenvalue weighted by atomic mass is 10.1. The van der Waals surface area contributed by atoms with Crippen molar-refractivity contribution in [2.75, 3.05) is 7.11 Å². The zero-order valence-corrected chi connectivity index (χ0v) is 11.8. The van der Waals surface area contributed by atoms with Gasteiger partial charge >= 0.3 is 0 Å². The van der Waals surface area contributed by atoms with Gasteiger partial charge in [0.15, 0.2) is 5.84 Å². The number of methoxy groups -OCH3 is 1. The molecule has 1 aromatic carbocycles. The number of amidine groups is 1. The van der Waals surface area contributed by atoms with Crippen LogP contribution in [-0.4, -0.2) is 23.1 Å². The molecule has 0 bridgehead atoms. The summed E-state index contributed by atoms with van der Waals surface area (Å²) in [5.41, 5.74) is 8.29. The Kier molecular flexibility index (Phi) is 5.11. The quantitative estimate of drug-likeness (QED) is 0.324. The third-order valence-corrected chi connectivity index (χ3v) is 3.05. The highest BCUT2D eigenvalue weighted by Gasteiger charge is 2.07. The smallest absolute Gasteiger partial charge is 0.170 e. The number of aromatic nitrogens is 1. The first-order valence-electron chi connectivity index (χ1n) is 6.49. The lowest BCUT2D eigenvalue weighted by molar-refractivity contribution is 0.318. The minimum Gasteiger partial charge on any atom is -0.496 e. The molecule has 0 atom stereocenters.